The van der Waals surface area contributed by atoms with Crippen molar-refractivity contribution in [2.45, 2.75) is 126 Å². The Kier molecular flexibility index (Phi) is 5.57. The van der Waals surface area contributed by atoms with Gasteiger partial charge in [0.1, 0.15) is 6.10 Å². The van der Waals surface area contributed by atoms with Crippen LogP contribution < -0.4 is 0 Å². The van der Waals surface area contributed by atoms with E-state index in [2.05, 4.69) is 55.0 Å². The van der Waals surface area contributed by atoms with Gasteiger partial charge in [0.05, 0.1) is 0 Å². The van der Waals surface area contributed by atoms with Crippen molar-refractivity contribution in [1.82, 2.24) is 0 Å². The summed E-state index contributed by atoms with van der Waals surface area (Å²) in [4.78, 5) is 11.9. The summed E-state index contributed by atoms with van der Waals surface area (Å²) in [7, 11) is 0. The summed E-state index contributed by atoms with van der Waals surface area (Å²) in [5.74, 6) is 3.74. The number of ether oxygens (including phenoxy) is 1. The van der Waals surface area contributed by atoms with Gasteiger partial charge in [0.25, 0.3) is 0 Å². The summed E-state index contributed by atoms with van der Waals surface area (Å²) < 4.78 is 5.91. The molecule has 2 heteroatoms. The number of allylic oxidation sites excluding steroid dienone is 1. The molecule has 4 unspecified atom stereocenters. The first-order valence-electron chi connectivity index (χ1n) is 14.5. The van der Waals surface area contributed by atoms with Crippen LogP contribution in [0, 0.1) is 56.7 Å². The Balaban J connectivity index is 1.50. The van der Waals surface area contributed by atoms with Crippen molar-refractivity contribution in [2.75, 3.05) is 0 Å². The van der Waals surface area contributed by atoms with Crippen LogP contribution in [-0.2, 0) is 9.53 Å². The van der Waals surface area contributed by atoms with E-state index in [0.29, 0.717) is 27.6 Å². The summed E-state index contributed by atoms with van der Waals surface area (Å²) in [6, 6.07) is 0. The van der Waals surface area contributed by atoms with Gasteiger partial charge in [0.15, 0.2) is 0 Å². The number of hydrogen-bond acceptors (Lipinski definition) is 2. The van der Waals surface area contributed by atoms with Gasteiger partial charge in [0, 0.05) is 12.3 Å². The van der Waals surface area contributed by atoms with Crippen LogP contribution in [0.1, 0.15) is 120 Å². The van der Waals surface area contributed by atoms with E-state index in [1.165, 1.54) is 63.4 Å². The highest BCUT2D eigenvalue weighted by atomic mass is 16.5. The molecule has 0 spiro atoms. The van der Waals surface area contributed by atoms with E-state index in [1.54, 1.807) is 6.92 Å². The van der Waals surface area contributed by atoms with Crippen molar-refractivity contribution in [3.63, 3.8) is 0 Å². The molecule has 0 aromatic carbocycles. The molecule has 5 aliphatic rings. The van der Waals surface area contributed by atoms with E-state index in [4.69, 9.17) is 4.74 Å². The summed E-state index contributed by atoms with van der Waals surface area (Å²) in [5.41, 5.74) is 3.23. The van der Waals surface area contributed by atoms with Gasteiger partial charge in [-0.05, 0) is 122 Å². The summed E-state index contributed by atoms with van der Waals surface area (Å²) in [6.07, 6.45) is 13.4. The van der Waals surface area contributed by atoms with E-state index in [-0.39, 0.29) is 17.5 Å². The predicted molar refractivity (Wildman–Crippen MR) is 140 cm³/mol. The second kappa shape index (κ2) is 7.61. The zero-order valence-corrected chi connectivity index (χ0v) is 23.6. The molecule has 0 heterocycles. The third kappa shape index (κ3) is 3.08. The molecule has 34 heavy (non-hydrogen) atoms. The van der Waals surface area contributed by atoms with Gasteiger partial charge in [-0.3, -0.25) is 4.79 Å². The molecule has 0 aromatic heterocycles. The number of esters is 1. The van der Waals surface area contributed by atoms with E-state index in [9.17, 15) is 4.79 Å². The third-order valence-electron chi connectivity index (χ3n) is 13.7. The maximum Gasteiger partial charge on any atom is 0.302 e. The molecule has 5 aliphatic carbocycles. The highest BCUT2D eigenvalue weighted by Gasteiger charge is 2.70. The number of rotatable bonds is 2. The third-order valence-corrected chi connectivity index (χ3v) is 13.7. The molecule has 0 saturated heterocycles. The normalized spacial score (nSPS) is 53.6. The predicted octanol–water partition coefficient (Wildman–Crippen LogP) is 8.60. The van der Waals surface area contributed by atoms with Gasteiger partial charge >= 0.3 is 5.97 Å². The molecule has 0 bridgehead atoms. The summed E-state index contributed by atoms with van der Waals surface area (Å²) >= 11 is 0. The van der Waals surface area contributed by atoms with Crippen LogP contribution in [0.3, 0.4) is 0 Å². The fourth-order valence-electron chi connectivity index (χ4n) is 11.9. The Morgan fingerprint density at radius 1 is 0.765 bits per heavy atom. The van der Waals surface area contributed by atoms with Crippen LogP contribution >= 0.6 is 0 Å². The second-order valence-corrected chi connectivity index (χ2v) is 15.3. The summed E-state index contributed by atoms with van der Waals surface area (Å²) in [6.45, 7) is 23.9. The lowest BCUT2D eigenvalue weighted by molar-refractivity contribution is -0.248. The minimum Gasteiger partial charge on any atom is -0.462 e. The van der Waals surface area contributed by atoms with Crippen LogP contribution in [-0.4, -0.2) is 12.1 Å². The standard InChI is InChI=1S/C32H52O2/c1-20(2)22-12-15-29(6)18-19-31(8)23(27(22)29)10-11-25-30(7)16-14-26(34-21(3)33)28(4,5)24(30)13-17-32(25,31)9/h22-27H,1,10-19H2,2-9H3/t22?,23-,24?,25?,26-,27?,29-,30+,31-,32-/m1/s1. The zero-order chi connectivity index (χ0) is 24.9. The fraction of sp³-hybridized carbons (Fsp3) is 0.906. The van der Waals surface area contributed by atoms with Crippen LogP contribution in [0.2, 0.25) is 0 Å². The molecule has 5 fully saturated rings. The summed E-state index contributed by atoms with van der Waals surface area (Å²) in [5, 5.41) is 0. The second-order valence-electron chi connectivity index (χ2n) is 15.3. The largest absolute Gasteiger partial charge is 0.462 e. The van der Waals surface area contributed by atoms with Crippen LogP contribution in [0.5, 0.6) is 0 Å². The molecule has 0 aromatic rings. The first-order valence-corrected chi connectivity index (χ1v) is 14.5. The molecule has 5 rings (SSSR count). The first kappa shape index (κ1) is 24.9. The monoisotopic (exact) mass is 468 g/mol. The van der Waals surface area contributed by atoms with Gasteiger partial charge in [-0.2, -0.15) is 0 Å². The number of carbonyl (C=O) groups excluding carboxylic acids is 1. The lowest BCUT2D eigenvalue weighted by atomic mass is 9.32. The maximum atomic E-state index is 11.9. The lowest BCUT2D eigenvalue weighted by Crippen LogP contribution is -2.66. The van der Waals surface area contributed by atoms with Gasteiger partial charge in [0.2, 0.25) is 0 Å². The van der Waals surface area contributed by atoms with Gasteiger partial charge in [-0.1, -0.05) is 53.7 Å². The number of carbonyl (C=O) groups is 1. The van der Waals surface area contributed by atoms with E-state index in [1.807, 2.05) is 0 Å². The molecule has 0 radical (unpaired) electrons. The van der Waals surface area contributed by atoms with Crippen molar-refractivity contribution < 1.29 is 9.53 Å². The number of hydrogen-bond donors (Lipinski definition) is 0. The number of fused-ring (bicyclic) bond motifs is 7. The zero-order valence-electron chi connectivity index (χ0n) is 23.6. The quantitative estimate of drug-likeness (QED) is 0.299. The topological polar surface area (TPSA) is 26.3 Å². The lowest BCUT2D eigenvalue weighted by Gasteiger charge is -2.73. The van der Waals surface area contributed by atoms with E-state index in [0.717, 1.165) is 30.1 Å². The SMILES string of the molecule is C=C(C)C1CC[C@]2(C)CC[C@]3(C)[C@H](CCC4[C@@]5(C)CC[C@@H](OC(C)=O)C(C)(C)C5CC[C@]43C)C12. The van der Waals surface area contributed by atoms with E-state index < -0.39 is 0 Å². The average Bonchev–Trinajstić information content (AvgIpc) is 3.08. The molecule has 0 amide bonds. The molecule has 5 saturated carbocycles. The van der Waals surface area contributed by atoms with Crippen molar-refractivity contribution in [3.05, 3.63) is 12.2 Å². The molecule has 2 nitrogen and oxygen atoms in total. The minimum atomic E-state index is -0.107. The Bertz CT molecular complexity index is 872. The van der Waals surface area contributed by atoms with Crippen molar-refractivity contribution in [1.29, 1.82) is 0 Å². The highest BCUT2D eigenvalue weighted by molar-refractivity contribution is 5.66. The smallest absolute Gasteiger partial charge is 0.302 e. The fourth-order valence-corrected chi connectivity index (χ4v) is 11.9. The van der Waals surface area contributed by atoms with Crippen LogP contribution in [0.4, 0.5) is 0 Å². The molecule has 192 valence electrons. The molecule has 10 atom stereocenters. The van der Waals surface area contributed by atoms with Crippen molar-refractivity contribution in [3.8, 4) is 0 Å². The van der Waals surface area contributed by atoms with Crippen molar-refractivity contribution in [2.24, 2.45) is 56.7 Å². The Morgan fingerprint density at radius 2 is 1.47 bits per heavy atom. The molecular formula is C32H52O2. The first-order chi connectivity index (χ1) is 15.7. The molecule has 0 N–H and O–H groups in total. The Hall–Kier alpha value is -0.790. The maximum absolute atomic E-state index is 11.9. The molecule has 0 aliphatic heterocycles. The van der Waals surface area contributed by atoms with Gasteiger partial charge in [-0.15, -0.1) is 0 Å². The van der Waals surface area contributed by atoms with Crippen LogP contribution in [0.15, 0.2) is 12.2 Å². The van der Waals surface area contributed by atoms with Crippen molar-refractivity contribution >= 4 is 5.97 Å². The molecular weight excluding hydrogens is 416 g/mol. The average molecular weight is 469 g/mol. The van der Waals surface area contributed by atoms with Crippen LogP contribution in [0.25, 0.3) is 0 Å². The van der Waals surface area contributed by atoms with Gasteiger partial charge < -0.3 is 4.74 Å². The Morgan fingerprint density at radius 3 is 2.12 bits per heavy atom. The van der Waals surface area contributed by atoms with Gasteiger partial charge in [-0.25, -0.2) is 0 Å². The minimum absolute atomic E-state index is 0.0550. The van der Waals surface area contributed by atoms with E-state index >= 15 is 0 Å². The Labute approximate surface area is 210 Å². The highest BCUT2D eigenvalue weighted by Crippen LogP contribution is 2.77.